The van der Waals surface area contributed by atoms with Crippen molar-refractivity contribution < 1.29 is 9.47 Å². The highest BCUT2D eigenvalue weighted by Gasteiger charge is 2.06. The highest BCUT2D eigenvalue weighted by Crippen LogP contribution is 2.27. The van der Waals surface area contributed by atoms with Gasteiger partial charge in [0.1, 0.15) is 19.3 Å². The zero-order valence-corrected chi connectivity index (χ0v) is 9.93. The summed E-state index contributed by atoms with van der Waals surface area (Å²) in [6.07, 6.45) is 0. The number of halogens is 1. The monoisotopic (exact) mass is 254 g/mol. The van der Waals surface area contributed by atoms with Gasteiger partial charge in [0, 0.05) is 0 Å². The topological polar surface area (TPSA) is 18.5 Å². The van der Waals surface area contributed by atoms with Gasteiger partial charge in [-0.1, -0.05) is 5.46 Å². The van der Waals surface area contributed by atoms with Crippen molar-refractivity contribution in [3.05, 3.63) is 16.6 Å². The molecule has 0 aliphatic rings. The minimum absolute atomic E-state index is 0.596. The van der Waals surface area contributed by atoms with Gasteiger partial charge in [-0.05, 0) is 41.9 Å². The van der Waals surface area contributed by atoms with Crippen LogP contribution in [0.15, 0.2) is 16.6 Å². The molecule has 0 aliphatic carbocycles. The number of benzene rings is 1. The Hall–Kier alpha value is -0.635. The Morgan fingerprint density at radius 2 is 1.71 bits per heavy atom. The standard InChI is InChI=1S/C10H12BBrO2/c1-3-13-9-6-8(12)10(14-4-2)5-7(9)11/h5-6H,3-4H2,1-2H3. The summed E-state index contributed by atoms with van der Waals surface area (Å²) in [6.45, 7) is 5.07. The van der Waals surface area contributed by atoms with Crippen LogP contribution >= 0.6 is 15.9 Å². The normalized spacial score (nSPS) is 9.93. The predicted molar refractivity (Wildman–Crippen MR) is 61.9 cm³/mol. The number of hydrogen-bond acceptors (Lipinski definition) is 2. The van der Waals surface area contributed by atoms with Gasteiger partial charge in [-0.2, -0.15) is 0 Å². The fourth-order valence-corrected chi connectivity index (χ4v) is 1.53. The largest absolute Gasteiger partial charge is 0.494 e. The first-order valence-electron chi connectivity index (χ1n) is 4.53. The summed E-state index contributed by atoms with van der Waals surface area (Å²) in [5, 5.41) is 0. The van der Waals surface area contributed by atoms with Gasteiger partial charge in [0.25, 0.3) is 0 Å². The molecule has 1 aromatic carbocycles. The molecule has 0 fully saturated rings. The van der Waals surface area contributed by atoms with Crippen LogP contribution in [-0.4, -0.2) is 21.1 Å². The van der Waals surface area contributed by atoms with Crippen LogP contribution in [0.2, 0.25) is 0 Å². The smallest absolute Gasteiger partial charge is 0.133 e. The second-order valence-electron chi connectivity index (χ2n) is 2.69. The van der Waals surface area contributed by atoms with Crippen molar-refractivity contribution in [2.45, 2.75) is 13.8 Å². The zero-order valence-electron chi connectivity index (χ0n) is 8.34. The minimum Gasteiger partial charge on any atom is -0.494 e. The van der Waals surface area contributed by atoms with Gasteiger partial charge in [-0.25, -0.2) is 0 Å². The van der Waals surface area contributed by atoms with E-state index >= 15 is 0 Å². The maximum Gasteiger partial charge on any atom is 0.133 e. The van der Waals surface area contributed by atoms with Gasteiger partial charge in [0.2, 0.25) is 0 Å². The Morgan fingerprint density at radius 3 is 2.29 bits per heavy atom. The second-order valence-corrected chi connectivity index (χ2v) is 3.54. The molecule has 0 aromatic heterocycles. The predicted octanol–water partition coefficient (Wildman–Crippen LogP) is 2.04. The summed E-state index contributed by atoms with van der Waals surface area (Å²) >= 11 is 3.39. The first kappa shape index (κ1) is 11.4. The Balaban J connectivity index is 2.97. The van der Waals surface area contributed by atoms with Gasteiger partial charge in [-0.15, -0.1) is 0 Å². The molecule has 0 aliphatic heterocycles. The SMILES string of the molecule is [B]c1cc(OCC)c(Br)cc1OCC. The highest BCUT2D eigenvalue weighted by molar-refractivity contribution is 9.10. The Bertz CT molecular complexity index is 283. The Morgan fingerprint density at radius 1 is 1.14 bits per heavy atom. The summed E-state index contributed by atoms with van der Waals surface area (Å²) < 4.78 is 11.6. The summed E-state index contributed by atoms with van der Waals surface area (Å²) in [6, 6.07) is 3.59. The first-order chi connectivity index (χ1) is 6.69. The lowest BCUT2D eigenvalue weighted by Gasteiger charge is -2.11. The van der Waals surface area contributed by atoms with Crippen molar-refractivity contribution >= 4 is 29.2 Å². The van der Waals surface area contributed by atoms with Gasteiger partial charge in [-0.3, -0.25) is 0 Å². The molecule has 74 valence electrons. The Labute approximate surface area is 94.1 Å². The van der Waals surface area contributed by atoms with E-state index < -0.39 is 0 Å². The molecule has 0 N–H and O–H groups in total. The molecule has 0 saturated heterocycles. The van der Waals surface area contributed by atoms with Crippen LogP contribution < -0.4 is 14.9 Å². The average Bonchev–Trinajstić information content (AvgIpc) is 2.14. The van der Waals surface area contributed by atoms with Crippen molar-refractivity contribution in [1.29, 1.82) is 0 Å². The van der Waals surface area contributed by atoms with E-state index in [1.165, 1.54) is 0 Å². The molecule has 1 aromatic rings. The van der Waals surface area contributed by atoms with Crippen molar-refractivity contribution in [3.63, 3.8) is 0 Å². The lowest BCUT2D eigenvalue weighted by molar-refractivity contribution is 0.331. The summed E-state index contributed by atoms with van der Waals surface area (Å²) in [5.74, 6) is 1.43. The quantitative estimate of drug-likeness (QED) is 0.766. The van der Waals surface area contributed by atoms with Crippen LogP contribution in [0.4, 0.5) is 0 Å². The van der Waals surface area contributed by atoms with Crippen molar-refractivity contribution in [2.24, 2.45) is 0 Å². The maximum atomic E-state index is 5.78. The summed E-state index contributed by atoms with van der Waals surface area (Å²) in [5.41, 5.74) is 0.596. The van der Waals surface area contributed by atoms with E-state index in [4.69, 9.17) is 17.3 Å². The third-order valence-corrected chi connectivity index (χ3v) is 2.28. The minimum atomic E-state index is 0.596. The third-order valence-electron chi connectivity index (χ3n) is 1.66. The van der Waals surface area contributed by atoms with Crippen LogP contribution in [0.1, 0.15) is 13.8 Å². The molecule has 0 amide bonds. The van der Waals surface area contributed by atoms with Gasteiger partial charge >= 0.3 is 0 Å². The first-order valence-corrected chi connectivity index (χ1v) is 5.33. The highest BCUT2D eigenvalue weighted by atomic mass is 79.9. The molecule has 14 heavy (non-hydrogen) atoms. The third kappa shape index (κ3) is 2.67. The summed E-state index contributed by atoms with van der Waals surface area (Å²) in [7, 11) is 5.78. The van der Waals surface area contributed by atoms with Crippen molar-refractivity contribution in [3.8, 4) is 11.5 Å². The molecule has 0 spiro atoms. The molecular formula is C10H12BBrO2. The van der Waals surface area contributed by atoms with E-state index in [9.17, 15) is 0 Å². The molecule has 2 nitrogen and oxygen atoms in total. The van der Waals surface area contributed by atoms with Crippen molar-refractivity contribution in [1.82, 2.24) is 0 Å². The molecule has 4 heteroatoms. The van der Waals surface area contributed by atoms with Crippen LogP contribution in [0, 0.1) is 0 Å². The lowest BCUT2D eigenvalue weighted by atomic mass is 9.95. The van der Waals surface area contributed by atoms with E-state index in [0.717, 1.165) is 10.2 Å². The summed E-state index contributed by atoms with van der Waals surface area (Å²) in [4.78, 5) is 0. The van der Waals surface area contributed by atoms with E-state index in [0.29, 0.717) is 24.4 Å². The molecule has 0 bridgehead atoms. The van der Waals surface area contributed by atoms with Crippen LogP contribution in [-0.2, 0) is 0 Å². The average molecular weight is 255 g/mol. The van der Waals surface area contributed by atoms with Crippen LogP contribution in [0.5, 0.6) is 11.5 Å². The molecule has 0 atom stereocenters. The van der Waals surface area contributed by atoms with Crippen LogP contribution in [0.3, 0.4) is 0 Å². The zero-order chi connectivity index (χ0) is 10.6. The number of rotatable bonds is 4. The second kappa shape index (κ2) is 5.30. The van der Waals surface area contributed by atoms with E-state index in [1.54, 1.807) is 6.07 Å². The Kier molecular flexibility index (Phi) is 4.33. The van der Waals surface area contributed by atoms with E-state index in [2.05, 4.69) is 15.9 Å². The van der Waals surface area contributed by atoms with E-state index in [1.807, 2.05) is 19.9 Å². The fourth-order valence-electron chi connectivity index (χ4n) is 1.10. The van der Waals surface area contributed by atoms with Gasteiger partial charge in [0.15, 0.2) is 0 Å². The van der Waals surface area contributed by atoms with E-state index in [-0.39, 0.29) is 0 Å². The maximum absolute atomic E-state index is 5.78. The molecule has 0 heterocycles. The number of ether oxygens (including phenoxy) is 2. The van der Waals surface area contributed by atoms with Gasteiger partial charge in [0.05, 0.1) is 17.7 Å². The molecule has 1 rings (SSSR count). The molecule has 2 radical (unpaired) electrons. The lowest BCUT2D eigenvalue weighted by Crippen LogP contribution is -2.10. The molecular weight excluding hydrogens is 243 g/mol. The van der Waals surface area contributed by atoms with Gasteiger partial charge < -0.3 is 9.47 Å². The van der Waals surface area contributed by atoms with Crippen LogP contribution in [0.25, 0.3) is 0 Å². The molecule has 0 saturated carbocycles. The molecule has 0 unspecified atom stereocenters. The fraction of sp³-hybridized carbons (Fsp3) is 0.400. The number of hydrogen-bond donors (Lipinski definition) is 0. The van der Waals surface area contributed by atoms with Crippen molar-refractivity contribution in [2.75, 3.05) is 13.2 Å².